The molecule has 2 aliphatic rings. The van der Waals surface area contributed by atoms with Crippen molar-refractivity contribution in [3.63, 3.8) is 0 Å². The van der Waals surface area contributed by atoms with Gasteiger partial charge in [-0.25, -0.2) is 0 Å². The summed E-state index contributed by atoms with van der Waals surface area (Å²) in [6.07, 6.45) is 9.97. The molecule has 0 unspecified atom stereocenters. The first-order chi connectivity index (χ1) is 11.6. The SMILES string of the molecule is C#CCCC1(CCC(=O)N2CCC(C)(c3ccccc3)CC2)N=N1. The highest BCUT2D eigenvalue weighted by Gasteiger charge is 2.40. The van der Waals surface area contributed by atoms with E-state index >= 15 is 0 Å². The lowest BCUT2D eigenvalue weighted by atomic mass is 9.74. The summed E-state index contributed by atoms with van der Waals surface area (Å²) in [5.74, 6) is 2.85. The summed E-state index contributed by atoms with van der Waals surface area (Å²) in [5.41, 5.74) is 1.20. The smallest absolute Gasteiger partial charge is 0.222 e. The monoisotopic (exact) mass is 323 g/mol. The number of benzene rings is 1. The van der Waals surface area contributed by atoms with Gasteiger partial charge in [-0.05, 0) is 23.8 Å². The third kappa shape index (κ3) is 3.67. The Morgan fingerprint density at radius 3 is 2.46 bits per heavy atom. The number of rotatable bonds is 6. The molecular formula is C20H25N3O. The highest BCUT2D eigenvalue weighted by Crippen LogP contribution is 2.38. The fraction of sp³-hybridized carbons (Fsp3) is 0.550. The van der Waals surface area contributed by atoms with Gasteiger partial charge in [-0.15, -0.1) is 12.3 Å². The van der Waals surface area contributed by atoms with Crippen molar-refractivity contribution in [3.8, 4) is 12.3 Å². The van der Waals surface area contributed by atoms with E-state index in [-0.39, 0.29) is 17.0 Å². The molecule has 126 valence electrons. The van der Waals surface area contributed by atoms with E-state index in [1.165, 1.54) is 5.56 Å². The van der Waals surface area contributed by atoms with Crippen molar-refractivity contribution >= 4 is 5.91 Å². The molecule has 1 aromatic rings. The summed E-state index contributed by atoms with van der Waals surface area (Å²) in [5, 5.41) is 8.22. The zero-order chi connectivity index (χ0) is 17.0. The first kappa shape index (κ1) is 16.7. The highest BCUT2D eigenvalue weighted by molar-refractivity contribution is 5.76. The van der Waals surface area contributed by atoms with Crippen molar-refractivity contribution < 1.29 is 4.79 Å². The molecule has 2 heterocycles. The summed E-state index contributed by atoms with van der Waals surface area (Å²) >= 11 is 0. The fourth-order valence-electron chi connectivity index (χ4n) is 3.51. The predicted molar refractivity (Wildman–Crippen MR) is 94.5 cm³/mol. The van der Waals surface area contributed by atoms with Gasteiger partial charge in [0.05, 0.1) is 0 Å². The van der Waals surface area contributed by atoms with Crippen LogP contribution >= 0.6 is 0 Å². The number of hydrogen-bond acceptors (Lipinski definition) is 3. The molecule has 1 saturated heterocycles. The van der Waals surface area contributed by atoms with E-state index in [1.54, 1.807) is 0 Å². The highest BCUT2D eigenvalue weighted by atomic mass is 16.2. The van der Waals surface area contributed by atoms with E-state index in [0.29, 0.717) is 19.3 Å². The molecule has 0 atom stereocenters. The lowest BCUT2D eigenvalue weighted by Crippen LogP contribution is -2.44. The maximum absolute atomic E-state index is 12.5. The molecule has 1 fully saturated rings. The molecule has 1 amide bonds. The molecule has 24 heavy (non-hydrogen) atoms. The van der Waals surface area contributed by atoms with Crippen LogP contribution in [0.1, 0.15) is 51.0 Å². The molecule has 0 N–H and O–H groups in total. The van der Waals surface area contributed by atoms with Crippen LogP contribution in [0.25, 0.3) is 0 Å². The lowest BCUT2D eigenvalue weighted by molar-refractivity contribution is -0.133. The van der Waals surface area contributed by atoms with Crippen LogP contribution in [0.4, 0.5) is 0 Å². The fourth-order valence-corrected chi connectivity index (χ4v) is 3.51. The van der Waals surface area contributed by atoms with Crippen LogP contribution in [0, 0.1) is 12.3 Å². The number of carbonyl (C=O) groups is 1. The Morgan fingerprint density at radius 1 is 1.21 bits per heavy atom. The first-order valence-electron chi connectivity index (χ1n) is 8.78. The number of carbonyl (C=O) groups excluding carboxylic acids is 1. The average molecular weight is 323 g/mol. The molecule has 0 radical (unpaired) electrons. The normalized spacial score (nSPS) is 20.4. The van der Waals surface area contributed by atoms with Crippen LogP contribution in [0.15, 0.2) is 40.6 Å². The topological polar surface area (TPSA) is 45.0 Å². The number of amides is 1. The van der Waals surface area contributed by atoms with Crippen molar-refractivity contribution in [2.45, 2.75) is 56.5 Å². The van der Waals surface area contributed by atoms with Gasteiger partial charge >= 0.3 is 0 Å². The van der Waals surface area contributed by atoms with E-state index in [4.69, 9.17) is 6.42 Å². The van der Waals surface area contributed by atoms with Crippen molar-refractivity contribution in [2.24, 2.45) is 10.2 Å². The zero-order valence-electron chi connectivity index (χ0n) is 14.4. The van der Waals surface area contributed by atoms with Crippen LogP contribution in [-0.4, -0.2) is 29.6 Å². The van der Waals surface area contributed by atoms with Crippen LogP contribution in [0.5, 0.6) is 0 Å². The maximum Gasteiger partial charge on any atom is 0.222 e. The van der Waals surface area contributed by atoms with Gasteiger partial charge in [-0.1, -0.05) is 37.3 Å². The molecule has 0 spiro atoms. The quantitative estimate of drug-likeness (QED) is 0.732. The van der Waals surface area contributed by atoms with E-state index in [2.05, 4.69) is 53.4 Å². The second-order valence-electron chi connectivity index (χ2n) is 7.19. The predicted octanol–water partition coefficient (Wildman–Crippen LogP) is 3.92. The third-order valence-electron chi connectivity index (χ3n) is 5.48. The molecule has 0 aromatic heterocycles. The number of piperidine rings is 1. The molecule has 0 aliphatic carbocycles. The second kappa shape index (κ2) is 6.76. The van der Waals surface area contributed by atoms with Gasteiger partial charge in [-0.3, -0.25) is 4.79 Å². The van der Waals surface area contributed by atoms with Crippen molar-refractivity contribution in [1.29, 1.82) is 0 Å². The van der Waals surface area contributed by atoms with E-state index in [0.717, 1.165) is 32.4 Å². The molecule has 3 rings (SSSR count). The van der Waals surface area contributed by atoms with Crippen LogP contribution < -0.4 is 0 Å². The molecule has 0 saturated carbocycles. The minimum Gasteiger partial charge on any atom is -0.343 e. The summed E-state index contributed by atoms with van der Waals surface area (Å²) in [4.78, 5) is 14.5. The molecule has 4 heteroatoms. The van der Waals surface area contributed by atoms with E-state index < -0.39 is 0 Å². The summed E-state index contributed by atoms with van der Waals surface area (Å²) < 4.78 is 0. The third-order valence-corrected chi connectivity index (χ3v) is 5.48. The Morgan fingerprint density at radius 2 is 1.88 bits per heavy atom. The minimum atomic E-state index is -0.351. The van der Waals surface area contributed by atoms with Gasteiger partial charge in [-0.2, -0.15) is 10.2 Å². The second-order valence-corrected chi connectivity index (χ2v) is 7.19. The van der Waals surface area contributed by atoms with Crippen molar-refractivity contribution in [1.82, 2.24) is 4.90 Å². The Labute approximate surface area is 144 Å². The van der Waals surface area contributed by atoms with Crippen LogP contribution in [0.3, 0.4) is 0 Å². The molecule has 0 bridgehead atoms. The summed E-state index contributed by atoms with van der Waals surface area (Å²) in [7, 11) is 0. The number of terminal acetylenes is 1. The largest absolute Gasteiger partial charge is 0.343 e. The Bertz CT molecular complexity index is 645. The average Bonchev–Trinajstić information content (AvgIpc) is 3.40. The molecule has 4 nitrogen and oxygen atoms in total. The van der Waals surface area contributed by atoms with Gasteiger partial charge in [0, 0.05) is 38.8 Å². The standard InChI is InChI=1S/C20H25N3O/c1-3-4-11-20(21-22-20)12-10-18(24)23-15-13-19(2,14-16-23)17-8-6-5-7-9-17/h1,5-9H,4,10-16H2,2H3. The Kier molecular flexibility index (Phi) is 4.71. The first-order valence-corrected chi connectivity index (χ1v) is 8.78. The summed E-state index contributed by atoms with van der Waals surface area (Å²) in [6.45, 7) is 3.96. The molecular weight excluding hydrogens is 298 g/mol. The van der Waals surface area contributed by atoms with E-state index in [9.17, 15) is 4.79 Å². The van der Waals surface area contributed by atoms with Gasteiger partial charge in [0.25, 0.3) is 0 Å². The Hall–Kier alpha value is -2.15. The van der Waals surface area contributed by atoms with Crippen LogP contribution in [0.2, 0.25) is 0 Å². The zero-order valence-corrected chi connectivity index (χ0v) is 14.4. The van der Waals surface area contributed by atoms with Crippen molar-refractivity contribution in [2.75, 3.05) is 13.1 Å². The lowest BCUT2D eigenvalue weighted by Gasteiger charge is -2.40. The van der Waals surface area contributed by atoms with Gasteiger partial charge < -0.3 is 4.90 Å². The van der Waals surface area contributed by atoms with Gasteiger partial charge in [0.1, 0.15) is 0 Å². The van der Waals surface area contributed by atoms with Crippen molar-refractivity contribution in [3.05, 3.63) is 35.9 Å². The maximum atomic E-state index is 12.5. The number of likely N-dealkylation sites (tertiary alicyclic amines) is 1. The van der Waals surface area contributed by atoms with E-state index in [1.807, 2.05) is 4.90 Å². The summed E-state index contributed by atoms with van der Waals surface area (Å²) in [6, 6.07) is 10.6. The molecule has 2 aliphatic heterocycles. The number of hydrogen-bond donors (Lipinski definition) is 0. The number of nitrogens with zero attached hydrogens (tertiary/aromatic N) is 3. The minimum absolute atomic E-state index is 0.174. The van der Waals surface area contributed by atoms with Crippen LogP contribution in [-0.2, 0) is 10.2 Å². The molecule has 1 aromatic carbocycles. The Balaban J connectivity index is 1.48. The van der Waals surface area contributed by atoms with Gasteiger partial charge in [0.2, 0.25) is 5.91 Å². The van der Waals surface area contributed by atoms with Gasteiger partial charge in [0.15, 0.2) is 5.66 Å².